The predicted octanol–water partition coefficient (Wildman–Crippen LogP) is 2.97. The van der Waals surface area contributed by atoms with Crippen LogP contribution in [0, 0.1) is 11.3 Å². The number of para-hydroxylation sites is 2. The fourth-order valence-electron chi connectivity index (χ4n) is 3.56. The van der Waals surface area contributed by atoms with Gasteiger partial charge in [0.1, 0.15) is 11.6 Å². The molecular weight excluding hydrogens is 342 g/mol. The second kappa shape index (κ2) is 6.38. The Kier molecular flexibility index (Phi) is 4.02. The topological polar surface area (TPSA) is 88.1 Å². The molecule has 0 spiro atoms. The van der Waals surface area contributed by atoms with Gasteiger partial charge < -0.3 is 9.84 Å². The van der Waals surface area contributed by atoms with Gasteiger partial charge in [0.2, 0.25) is 0 Å². The van der Waals surface area contributed by atoms with Crippen molar-refractivity contribution in [1.29, 1.82) is 5.26 Å². The first-order chi connectivity index (χ1) is 13.1. The van der Waals surface area contributed by atoms with Gasteiger partial charge in [0.25, 0.3) is 0 Å². The first kappa shape index (κ1) is 17.0. The summed E-state index contributed by atoms with van der Waals surface area (Å²) in [5, 5.41) is 21.5. The lowest BCUT2D eigenvalue weighted by atomic mass is 9.88. The average molecular weight is 359 g/mol. The van der Waals surface area contributed by atoms with Gasteiger partial charge in [0.15, 0.2) is 11.5 Å². The molecule has 0 saturated heterocycles. The average Bonchev–Trinajstić information content (AvgIpc) is 3.09. The Morgan fingerprint density at radius 3 is 2.67 bits per heavy atom. The molecule has 2 aromatic carbocycles. The summed E-state index contributed by atoms with van der Waals surface area (Å²) in [6.45, 7) is 1.88. The highest BCUT2D eigenvalue weighted by Gasteiger charge is 2.43. The van der Waals surface area contributed by atoms with Crippen molar-refractivity contribution in [2.45, 2.75) is 19.1 Å². The van der Waals surface area contributed by atoms with E-state index in [1.54, 1.807) is 23.6 Å². The van der Waals surface area contributed by atoms with Crippen molar-refractivity contribution in [1.82, 2.24) is 9.55 Å². The summed E-state index contributed by atoms with van der Waals surface area (Å²) in [4.78, 5) is 17.1. The third kappa shape index (κ3) is 2.52. The number of fused-ring (bicyclic) bond motifs is 3. The highest BCUT2D eigenvalue weighted by atomic mass is 16.5. The van der Waals surface area contributed by atoms with E-state index in [9.17, 15) is 15.2 Å². The van der Waals surface area contributed by atoms with Gasteiger partial charge in [-0.3, -0.25) is 4.57 Å². The summed E-state index contributed by atoms with van der Waals surface area (Å²) in [7, 11) is 0. The van der Waals surface area contributed by atoms with Gasteiger partial charge in [-0.15, -0.1) is 0 Å². The number of ether oxygens (including phenoxy) is 1. The highest BCUT2D eigenvalue weighted by Crippen LogP contribution is 2.42. The van der Waals surface area contributed by atoms with E-state index in [1.807, 2.05) is 42.5 Å². The first-order valence-electron chi connectivity index (χ1n) is 8.66. The van der Waals surface area contributed by atoms with Gasteiger partial charge in [-0.05, 0) is 19.1 Å². The second-order valence-electron chi connectivity index (χ2n) is 6.30. The maximum atomic E-state index is 12.5. The van der Waals surface area contributed by atoms with E-state index < -0.39 is 11.7 Å². The number of rotatable bonds is 3. The number of aromatic nitrogens is 2. The van der Waals surface area contributed by atoms with Gasteiger partial charge in [-0.1, -0.05) is 42.5 Å². The largest absolute Gasteiger partial charge is 0.463 e. The van der Waals surface area contributed by atoms with Crippen LogP contribution < -0.4 is 0 Å². The zero-order chi connectivity index (χ0) is 19.0. The van der Waals surface area contributed by atoms with Crippen LogP contribution in [0.25, 0.3) is 16.6 Å². The fraction of sp³-hybridized carbons (Fsp3) is 0.190. The number of nitrogens with zero attached hydrogens (tertiary/aromatic N) is 3. The van der Waals surface area contributed by atoms with Crippen LogP contribution in [0.1, 0.15) is 24.7 Å². The maximum absolute atomic E-state index is 12.5. The van der Waals surface area contributed by atoms with Crippen molar-refractivity contribution in [3.05, 3.63) is 71.6 Å². The summed E-state index contributed by atoms with van der Waals surface area (Å²) >= 11 is 0. The molecule has 1 aromatic heterocycles. The minimum absolute atomic E-state index is 0.0773. The van der Waals surface area contributed by atoms with E-state index in [4.69, 9.17) is 4.74 Å². The van der Waals surface area contributed by atoms with Crippen LogP contribution in [-0.4, -0.2) is 27.2 Å². The Hall–Kier alpha value is -3.43. The molecule has 6 heteroatoms. The van der Waals surface area contributed by atoms with E-state index in [0.717, 1.165) is 0 Å². The molecule has 1 N–H and O–H groups in total. The Morgan fingerprint density at radius 1 is 1.26 bits per heavy atom. The first-order valence-corrected chi connectivity index (χ1v) is 8.66. The number of benzene rings is 2. The van der Waals surface area contributed by atoms with E-state index in [0.29, 0.717) is 16.6 Å². The van der Waals surface area contributed by atoms with E-state index in [-0.39, 0.29) is 30.0 Å². The molecule has 0 bridgehead atoms. The molecule has 0 aliphatic carbocycles. The molecule has 0 radical (unpaired) electrons. The quantitative estimate of drug-likeness (QED) is 0.726. The molecule has 0 saturated carbocycles. The standard InChI is InChI=1S/C21H17N3O3/c1-2-27-20(25)15-12-21(26,14-8-4-3-5-9-14)24-18-11-7-6-10-17(18)23-19(24)16(15)13-22/h3-11,26H,2,12H2,1H3. The van der Waals surface area contributed by atoms with E-state index >= 15 is 0 Å². The third-order valence-electron chi connectivity index (χ3n) is 4.75. The van der Waals surface area contributed by atoms with Crippen molar-refractivity contribution in [2.75, 3.05) is 6.61 Å². The Balaban J connectivity index is 2.07. The molecule has 27 heavy (non-hydrogen) atoms. The summed E-state index contributed by atoms with van der Waals surface area (Å²) in [5.41, 5.74) is 0.635. The number of allylic oxidation sites excluding steroid dienone is 1. The molecule has 3 aromatic rings. The number of hydrogen-bond acceptors (Lipinski definition) is 5. The number of hydrogen-bond donors (Lipinski definition) is 1. The molecule has 0 amide bonds. The predicted molar refractivity (Wildman–Crippen MR) is 99.3 cm³/mol. The lowest BCUT2D eigenvalue weighted by molar-refractivity contribution is -0.139. The molecule has 0 fully saturated rings. The number of aliphatic hydroxyl groups is 1. The van der Waals surface area contributed by atoms with Gasteiger partial charge in [-0.25, -0.2) is 9.78 Å². The van der Waals surface area contributed by atoms with Crippen molar-refractivity contribution in [2.24, 2.45) is 0 Å². The van der Waals surface area contributed by atoms with Gasteiger partial charge in [-0.2, -0.15) is 5.26 Å². The zero-order valence-corrected chi connectivity index (χ0v) is 14.7. The van der Waals surface area contributed by atoms with Crippen LogP contribution in [-0.2, 0) is 15.3 Å². The number of carbonyl (C=O) groups is 1. The molecule has 6 nitrogen and oxygen atoms in total. The van der Waals surface area contributed by atoms with E-state index in [1.165, 1.54) is 0 Å². The molecule has 1 aliphatic rings. The molecular formula is C21H17N3O3. The Morgan fingerprint density at radius 2 is 1.96 bits per heavy atom. The lowest BCUT2D eigenvalue weighted by Crippen LogP contribution is -2.40. The molecule has 1 unspecified atom stereocenters. The number of imidazole rings is 1. The molecule has 134 valence electrons. The van der Waals surface area contributed by atoms with Crippen molar-refractivity contribution >= 4 is 22.6 Å². The van der Waals surface area contributed by atoms with Crippen LogP contribution in [0.3, 0.4) is 0 Å². The smallest absolute Gasteiger partial charge is 0.335 e. The van der Waals surface area contributed by atoms with Crippen molar-refractivity contribution < 1.29 is 14.6 Å². The van der Waals surface area contributed by atoms with Gasteiger partial charge in [0, 0.05) is 12.0 Å². The molecule has 1 atom stereocenters. The van der Waals surface area contributed by atoms with Crippen LogP contribution in [0.4, 0.5) is 0 Å². The Bertz CT molecular complexity index is 1110. The summed E-state index contributed by atoms with van der Waals surface area (Å²) in [5.74, 6) is -0.346. The van der Waals surface area contributed by atoms with Crippen LogP contribution in [0.5, 0.6) is 0 Å². The Labute approximate surface area is 155 Å². The highest BCUT2D eigenvalue weighted by molar-refractivity contribution is 6.02. The molecule has 4 rings (SSSR count). The summed E-state index contributed by atoms with van der Waals surface area (Å²) in [6.07, 6.45) is -0.0773. The molecule has 2 heterocycles. The summed E-state index contributed by atoms with van der Waals surface area (Å²) in [6, 6.07) is 18.5. The zero-order valence-electron chi connectivity index (χ0n) is 14.7. The monoisotopic (exact) mass is 359 g/mol. The SMILES string of the molecule is CCOC(=O)C1=C(C#N)c2nc3ccccc3n2C(O)(c2ccccc2)C1. The van der Waals surface area contributed by atoms with Crippen molar-refractivity contribution in [3.63, 3.8) is 0 Å². The third-order valence-corrected chi connectivity index (χ3v) is 4.75. The fourth-order valence-corrected chi connectivity index (χ4v) is 3.56. The minimum Gasteiger partial charge on any atom is -0.463 e. The van der Waals surface area contributed by atoms with Crippen molar-refractivity contribution in [3.8, 4) is 6.07 Å². The van der Waals surface area contributed by atoms with Crippen LogP contribution >= 0.6 is 0 Å². The normalized spacial score (nSPS) is 18.9. The maximum Gasteiger partial charge on any atom is 0.335 e. The number of esters is 1. The minimum atomic E-state index is -1.56. The summed E-state index contributed by atoms with van der Waals surface area (Å²) < 4.78 is 6.77. The second-order valence-corrected chi connectivity index (χ2v) is 6.30. The lowest BCUT2D eigenvalue weighted by Gasteiger charge is -2.36. The van der Waals surface area contributed by atoms with E-state index in [2.05, 4.69) is 11.1 Å². The van der Waals surface area contributed by atoms with Gasteiger partial charge in [0.05, 0.1) is 23.2 Å². The molecule has 1 aliphatic heterocycles. The number of carbonyl (C=O) groups excluding carboxylic acids is 1. The van der Waals surface area contributed by atoms with Crippen LogP contribution in [0.2, 0.25) is 0 Å². The van der Waals surface area contributed by atoms with Gasteiger partial charge >= 0.3 is 5.97 Å². The van der Waals surface area contributed by atoms with Crippen LogP contribution in [0.15, 0.2) is 60.2 Å². The number of nitriles is 1.